The second kappa shape index (κ2) is 3.30. The minimum atomic E-state index is -0.821. The molecule has 1 heterocycles. The number of hydrogen-bond acceptors (Lipinski definition) is 4. The molecule has 4 nitrogen and oxygen atoms in total. The Morgan fingerprint density at radius 2 is 2.10 bits per heavy atom. The molecule has 1 aliphatic heterocycles. The molecule has 1 fully saturated rings. The van der Waals surface area contributed by atoms with Gasteiger partial charge in [0.1, 0.15) is 0 Å². The Kier molecular flexibility index (Phi) is 2.62. The maximum Gasteiger partial charge on any atom is 0.0974 e. The molecule has 0 bridgehead atoms. The highest BCUT2D eigenvalue weighted by Crippen LogP contribution is 2.08. The number of aliphatic hydroxyl groups excluding tert-OH is 3. The molecule has 0 spiro atoms. The molecule has 0 aromatic carbocycles. The summed E-state index contributed by atoms with van der Waals surface area (Å²) in [6.07, 6.45) is -0.949. The first kappa shape index (κ1) is 7.94. The molecule has 0 saturated carbocycles. The molecule has 1 saturated heterocycles. The van der Waals surface area contributed by atoms with E-state index in [2.05, 4.69) is 5.32 Å². The van der Waals surface area contributed by atoms with Gasteiger partial charge in [0.05, 0.1) is 24.9 Å². The van der Waals surface area contributed by atoms with Crippen LogP contribution < -0.4 is 5.32 Å². The smallest absolute Gasteiger partial charge is 0.0974 e. The van der Waals surface area contributed by atoms with Gasteiger partial charge in [0.15, 0.2) is 0 Å². The topological polar surface area (TPSA) is 72.7 Å². The molecule has 4 heteroatoms. The Morgan fingerprint density at radius 1 is 1.40 bits per heavy atom. The fourth-order valence-electron chi connectivity index (χ4n) is 1.15. The van der Waals surface area contributed by atoms with E-state index in [-0.39, 0.29) is 12.6 Å². The van der Waals surface area contributed by atoms with Crippen molar-refractivity contribution in [2.24, 2.45) is 0 Å². The zero-order chi connectivity index (χ0) is 7.56. The van der Waals surface area contributed by atoms with Crippen molar-refractivity contribution in [3.8, 4) is 0 Å². The number of nitrogens with one attached hydrogen (secondary N) is 1. The van der Waals surface area contributed by atoms with Crippen molar-refractivity contribution >= 4 is 0 Å². The summed E-state index contributed by atoms with van der Waals surface area (Å²) >= 11 is 0. The van der Waals surface area contributed by atoms with Crippen molar-refractivity contribution in [1.82, 2.24) is 5.32 Å². The Bertz CT molecular complexity index is 109. The van der Waals surface area contributed by atoms with Gasteiger partial charge in [0, 0.05) is 0 Å². The van der Waals surface area contributed by atoms with Crippen molar-refractivity contribution in [2.75, 3.05) is 13.2 Å². The molecule has 0 amide bonds. The van der Waals surface area contributed by atoms with Gasteiger partial charge in [-0.3, -0.25) is 0 Å². The van der Waals surface area contributed by atoms with E-state index in [1.807, 2.05) is 0 Å². The minimum Gasteiger partial charge on any atom is -0.395 e. The molecule has 0 aromatic heterocycles. The second-order valence-electron chi connectivity index (χ2n) is 2.59. The summed E-state index contributed by atoms with van der Waals surface area (Å²) in [5.41, 5.74) is 0. The molecule has 10 heavy (non-hydrogen) atoms. The fraction of sp³-hybridized carbons (Fsp3) is 1.00. The van der Waals surface area contributed by atoms with E-state index in [0.717, 1.165) is 0 Å². The lowest BCUT2D eigenvalue weighted by atomic mass is 9.99. The van der Waals surface area contributed by atoms with Gasteiger partial charge in [-0.1, -0.05) is 0 Å². The first-order valence-corrected chi connectivity index (χ1v) is 3.46. The van der Waals surface area contributed by atoms with E-state index in [4.69, 9.17) is 15.3 Å². The summed E-state index contributed by atoms with van der Waals surface area (Å²) in [4.78, 5) is 0. The van der Waals surface area contributed by atoms with Gasteiger partial charge in [0.25, 0.3) is 0 Å². The standard InChI is InChI=1S/C6H13NO3/c8-3-4-6(10)5(9)1-2-7-4/h4-10H,1-3H2/t4?,5-,6-/m0/s1. The highest BCUT2D eigenvalue weighted by atomic mass is 16.3. The van der Waals surface area contributed by atoms with Crippen molar-refractivity contribution in [3.63, 3.8) is 0 Å². The highest BCUT2D eigenvalue weighted by Gasteiger charge is 2.28. The lowest BCUT2D eigenvalue weighted by Crippen LogP contribution is -2.54. The Hall–Kier alpha value is -0.160. The molecule has 1 unspecified atom stereocenters. The van der Waals surface area contributed by atoms with Gasteiger partial charge in [-0.15, -0.1) is 0 Å². The molecule has 4 N–H and O–H groups in total. The highest BCUT2D eigenvalue weighted by molar-refractivity contribution is 4.85. The Labute approximate surface area is 59.5 Å². The maximum absolute atomic E-state index is 9.16. The Balaban J connectivity index is 2.42. The number of aliphatic hydroxyl groups is 3. The molecular formula is C6H13NO3. The summed E-state index contributed by atoms with van der Waals surface area (Å²) in [7, 11) is 0. The van der Waals surface area contributed by atoms with Crippen LogP contribution in [0.1, 0.15) is 6.42 Å². The van der Waals surface area contributed by atoms with Crippen LogP contribution in [-0.2, 0) is 0 Å². The van der Waals surface area contributed by atoms with Gasteiger partial charge in [-0.05, 0) is 13.0 Å². The zero-order valence-electron chi connectivity index (χ0n) is 5.70. The summed E-state index contributed by atoms with van der Waals surface area (Å²) in [5, 5.41) is 29.8. The molecular weight excluding hydrogens is 134 g/mol. The van der Waals surface area contributed by atoms with Crippen LogP contribution in [0.4, 0.5) is 0 Å². The SMILES string of the molecule is OCC1NCC[C@H](O)[C@H]1O. The number of piperidine rings is 1. The van der Waals surface area contributed by atoms with E-state index in [1.54, 1.807) is 0 Å². The number of hydrogen-bond donors (Lipinski definition) is 4. The van der Waals surface area contributed by atoms with E-state index < -0.39 is 12.2 Å². The van der Waals surface area contributed by atoms with Crippen LogP contribution >= 0.6 is 0 Å². The third kappa shape index (κ3) is 1.46. The summed E-state index contributed by atoms with van der Waals surface area (Å²) < 4.78 is 0. The molecule has 0 aromatic rings. The first-order valence-electron chi connectivity index (χ1n) is 3.46. The number of rotatable bonds is 1. The molecule has 1 aliphatic rings. The van der Waals surface area contributed by atoms with Crippen molar-refractivity contribution < 1.29 is 15.3 Å². The molecule has 1 rings (SSSR count). The van der Waals surface area contributed by atoms with Gasteiger partial charge < -0.3 is 20.6 Å². The van der Waals surface area contributed by atoms with E-state index >= 15 is 0 Å². The summed E-state index contributed by atoms with van der Waals surface area (Å²) in [5.74, 6) is 0. The van der Waals surface area contributed by atoms with Crippen LogP contribution in [0.15, 0.2) is 0 Å². The van der Waals surface area contributed by atoms with Crippen molar-refractivity contribution in [3.05, 3.63) is 0 Å². The summed E-state index contributed by atoms with van der Waals surface area (Å²) in [6, 6.07) is -0.358. The maximum atomic E-state index is 9.16. The average Bonchev–Trinajstić information content (AvgIpc) is 1.95. The predicted molar refractivity (Wildman–Crippen MR) is 35.5 cm³/mol. The lowest BCUT2D eigenvalue weighted by molar-refractivity contribution is -0.0382. The van der Waals surface area contributed by atoms with Crippen LogP contribution in [0, 0.1) is 0 Å². The third-order valence-electron chi connectivity index (χ3n) is 1.85. The third-order valence-corrected chi connectivity index (χ3v) is 1.85. The van der Waals surface area contributed by atoms with Crippen LogP contribution in [0.3, 0.4) is 0 Å². The predicted octanol–water partition coefficient (Wildman–Crippen LogP) is -1.94. The van der Waals surface area contributed by atoms with Crippen LogP contribution in [0.25, 0.3) is 0 Å². The largest absolute Gasteiger partial charge is 0.395 e. The van der Waals surface area contributed by atoms with Crippen LogP contribution in [0.5, 0.6) is 0 Å². The fourth-order valence-corrected chi connectivity index (χ4v) is 1.15. The van der Waals surface area contributed by atoms with Gasteiger partial charge in [-0.2, -0.15) is 0 Å². The monoisotopic (exact) mass is 147 g/mol. The van der Waals surface area contributed by atoms with Gasteiger partial charge in [-0.25, -0.2) is 0 Å². The van der Waals surface area contributed by atoms with Crippen molar-refractivity contribution in [2.45, 2.75) is 24.7 Å². The van der Waals surface area contributed by atoms with Gasteiger partial charge in [0.2, 0.25) is 0 Å². The van der Waals surface area contributed by atoms with Gasteiger partial charge >= 0.3 is 0 Å². The molecule has 0 aliphatic carbocycles. The van der Waals surface area contributed by atoms with E-state index in [1.165, 1.54) is 0 Å². The Morgan fingerprint density at radius 3 is 2.60 bits per heavy atom. The average molecular weight is 147 g/mol. The minimum absolute atomic E-state index is 0.127. The van der Waals surface area contributed by atoms with Crippen LogP contribution in [-0.4, -0.2) is 46.7 Å². The molecule has 3 atom stereocenters. The van der Waals surface area contributed by atoms with Crippen LogP contribution in [0.2, 0.25) is 0 Å². The first-order chi connectivity index (χ1) is 4.75. The quantitative estimate of drug-likeness (QED) is 0.348. The zero-order valence-corrected chi connectivity index (χ0v) is 5.70. The molecule has 60 valence electrons. The van der Waals surface area contributed by atoms with E-state index in [9.17, 15) is 0 Å². The second-order valence-corrected chi connectivity index (χ2v) is 2.59. The summed E-state index contributed by atoms with van der Waals surface area (Å²) in [6.45, 7) is 0.529. The lowest BCUT2D eigenvalue weighted by Gasteiger charge is -2.31. The van der Waals surface area contributed by atoms with E-state index in [0.29, 0.717) is 13.0 Å². The molecule has 0 radical (unpaired) electrons. The normalized spacial score (nSPS) is 41.7. The van der Waals surface area contributed by atoms with Crippen molar-refractivity contribution in [1.29, 1.82) is 0 Å².